The van der Waals surface area contributed by atoms with Crippen molar-refractivity contribution in [1.29, 1.82) is 0 Å². The quantitative estimate of drug-likeness (QED) is 0.778. The number of hydrogen-bond acceptors (Lipinski definition) is 8. The highest BCUT2D eigenvalue weighted by atomic mass is 32.2. The molecular formula is C11H11N5O4S2. The van der Waals surface area contributed by atoms with Crippen LogP contribution in [0.4, 0.5) is 0 Å². The van der Waals surface area contributed by atoms with E-state index in [0.717, 1.165) is 15.6 Å². The maximum Gasteiger partial charge on any atom is 0.331 e. The van der Waals surface area contributed by atoms with Gasteiger partial charge in [-0.2, -0.15) is 8.42 Å². The summed E-state index contributed by atoms with van der Waals surface area (Å²) in [5.41, 5.74) is 6.42. The van der Waals surface area contributed by atoms with Gasteiger partial charge >= 0.3 is 5.97 Å². The van der Waals surface area contributed by atoms with E-state index in [1.54, 1.807) is 6.92 Å². The average Bonchev–Trinajstić information content (AvgIpc) is 3.00. The summed E-state index contributed by atoms with van der Waals surface area (Å²) in [6.07, 6.45) is 1.76. The standard InChI is InChI=1S/C11H11N5O4S2/c1-5-14-15-11(21-5)22(19,20)16-8-3-2-6(9(17)18)4-7(8)13-10(16)12/h3-4,10H,2,12H2,1H3,(H,17,18). The number of nitrogens with zero attached hydrogens (tertiary/aromatic N) is 4. The zero-order valence-corrected chi connectivity index (χ0v) is 12.9. The Morgan fingerprint density at radius 3 is 2.82 bits per heavy atom. The van der Waals surface area contributed by atoms with Gasteiger partial charge in [0.25, 0.3) is 14.4 Å². The average molecular weight is 341 g/mol. The highest BCUT2D eigenvalue weighted by Crippen LogP contribution is 2.32. The van der Waals surface area contributed by atoms with Crippen LogP contribution in [-0.2, 0) is 14.8 Å². The third-order valence-electron chi connectivity index (χ3n) is 3.10. The van der Waals surface area contributed by atoms with Crippen LogP contribution in [0, 0.1) is 6.92 Å². The smallest absolute Gasteiger partial charge is 0.331 e. The molecule has 1 unspecified atom stereocenters. The number of aryl methyl sites for hydroxylation is 1. The molecule has 2 heterocycles. The first-order valence-electron chi connectivity index (χ1n) is 6.13. The van der Waals surface area contributed by atoms with Crippen LogP contribution in [0.25, 0.3) is 0 Å². The van der Waals surface area contributed by atoms with Gasteiger partial charge in [-0.25, -0.2) is 14.1 Å². The SMILES string of the molecule is Cc1nnc(S(=O)(=O)N2C3=CCC(C(=O)O)=CC3=NC2N)s1. The van der Waals surface area contributed by atoms with Crippen molar-refractivity contribution in [2.45, 2.75) is 24.0 Å². The van der Waals surface area contributed by atoms with E-state index in [9.17, 15) is 13.2 Å². The third-order valence-corrected chi connectivity index (χ3v) is 6.07. The van der Waals surface area contributed by atoms with Crippen molar-refractivity contribution >= 4 is 33.0 Å². The maximum absolute atomic E-state index is 12.6. The Labute approximate surface area is 129 Å². The number of sulfonamides is 1. The van der Waals surface area contributed by atoms with Crippen LogP contribution >= 0.6 is 11.3 Å². The third kappa shape index (κ3) is 2.23. The number of fused-ring (bicyclic) bond motifs is 1. The van der Waals surface area contributed by atoms with Crippen LogP contribution in [0.2, 0.25) is 0 Å². The van der Waals surface area contributed by atoms with Gasteiger partial charge in [-0.1, -0.05) is 17.4 Å². The van der Waals surface area contributed by atoms with Gasteiger partial charge in [0.05, 0.1) is 11.4 Å². The number of hydrogen-bond donors (Lipinski definition) is 2. The fourth-order valence-corrected chi connectivity index (χ4v) is 4.65. The molecule has 11 heteroatoms. The fourth-order valence-electron chi connectivity index (χ4n) is 2.14. The van der Waals surface area contributed by atoms with Crippen LogP contribution in [-0.4, -0.2) is 46.0 Å². The van der Waals surface area contributed by atoms with Crippen molar-refractivity contribution < 1.29 is 18.3 Å². The number of aliphatic imine (C=N–C) groups is 1. The number of aromatic nitrogens is 2. The van der Waals surface area contributed by atoms with E-state index in [2.05, 4.69) is 15.2 Å². The summed E-state index contributed by atoms with van der Waals surface area (Å²) in [6, 6.07) is 0. The highest BCUT2D eigenvalue weighted by Gasteiger charge is 2.40. The lowest BCUT2D eigenvalue weighted by Gasteiger charge is -2.23. The minimum Gasteiger partial charge on any atom is -0.478 e. The second-order valence-corrected chi connectivity index (χ2v) is 7.75. The second-order valence-electron chi connectivity index (χ2n) is 4.58. The van der Waals surface area contributed by atoms with E-state index in [-0.39, 0.29) is 27.7 Å². The van der Waals surface area contributed by atoms with Crippen molar-refractivity contribution in [1.82, 2.24) is 14.5 Å². The zero-order chi connectivity index (χ0) is 16.1. The van der Waals surface area contributed by atoms with Gasteiger partial charge in [0.2, 0.25) is 0 Å². The molecule has 1 aliphatic heterocycles. The Kier molecular flexibility index (Phi) is 3.34. The first kappa shape index (κ1) is 14.8. The first-order valence-corrected chi connectivity index (χ1v) is 8.38. The van der Waals surface area contributed by atoms with Crippen LogP contribution in [0.5, 0.6) is 0 Å². The molecule has 0 amide bonds. The summed E-state index contributed by atoms with van der Waals surface area (Å²) in [5.74, 6) is -1.08. The lowest BCUT2D eigenvalue weighted by molar-refractivity contribution is -0.132. The lowest BCUT2D eigenvalue weighted by Crippen LogP contribution is -2.41. The predicted octanol–water partition coefficient (Wildman–Crippen LogP) is -0.167. The van der Waals surface area contributed by atoms with Gasteiger partial charge in [0.15, 0.2) is 6.29 Å². The van der Waals surface area contributed by atoms with Gasteiger partial charge < -0.3 is 5.11 Å². The fraction of sp³-hybridized carbons (Fsp3) is 0.273. The molecule has 1 atom stereocenters. The Morgan fingerprint density at radius 2 is 2.23 bits per heavy atom. The molecule has 22 heavy (non-hydrogen) atoms. The second kappa shape index (κ2) is 4.97. The molecule has 9 nitrogen and oxygen atoms in total. The number of rotatable bonds is 3. The molecule has 0 saturated carbocycles. The molecule has 0 spiro atoms. The molecule has 0 saturated heterocycles. The molecule has 0 aromatic carbocycles. The summed E-state index contributed by atoms with van der Waals surface area (Å²) in [4.78, 5) is 15.0. The molecule has 1 aromatic heterocycles. The Bertz CT molecular complexity index is 852. The van der Waals surface area contributed by atoms with Gasteiger partial charge in [0, 0.05) is 5.57 Å². The van der Waals surface area contributed by atoms with Crippen molar-refractivity contribution in [2.24, 2.45) is 10.7 Å². The summed E-state index contributed by atoms with van der Waals surface area (Å²) < 4.78 is 26.0. The maximum atomic E-state index is 12.6. The number of carbonyl (C=O) groups is 1. The van der Waals surface area contributed by atoms with E-state index in [0.29, 0.717) is 5.01 Å². The zero-order valence-electron chi connectivity index (χ0n) is 11.3. The van der Waals surface area contributed by atoms with Gasteiger partial charge in [-0.05, 0) is 19.4 Å². The summed E-state index contributed by atoms with van der Waals surface area (Å²) in [5, 5.41) is 16.8. The normalized spacial score (nSPS) is 21.1. The topological polar surface area (TPSA) is 139 Å². The molecular weight excluding hydrogens is 330 g/mol. The molecule has 0 bridgehead atoms. The molecule has 1 aromatic rings. The molecule has 116 valence electrons. The molecule has 0 fully saturated rings. The van der Waals surface area contributed by atoms with Crippen molar-refractivity contribution in [2.75, 3.05) is 0 Å². The van der Waals surface area contributed by atoms with Crippen molar-refractivity contribution in [3.05, 3.63) is 28.4 Å². The van der Waals surface area contributed by atoms with Crippen molar-refractivity contribution in [3.8, 4) is 0 Å². The minimum absolute atomic E-state index is 0.0948. The van der Waals surface area contributed by atoms with Crippen LogP contribution in [0.1, 0.15) is 11.4 Å². The number of nitrogens with two attached hydrogens (primary N) is 1. The van der Waals surface area contributed by atoms with E-state index in [4.69, 9.17) is 10.8 Å². The monoisotopic (exact) mass is 341 g/mol. The van der Waals surface area contributed by atoms with E-state index < -0.39 is 22.3 Å². The molecule has 3 N–H and O–H groups in total. The molecule has 1 aliphatic carbocycles. The van der Waals surface area contributed by atoms with Crippen LogP contribution < -0.4 is 5.73 Å². The van der Waals surface area contributed by atoms with Gasteiger partial charge in [-0.15, -0.1) is 10.2 Å². The first-order chi connectivity index (χ1) is 10.3. The highest BCUT2D eigenvalue weighted by molar-refractivity contribution is 7.91. The Morgan fingerprint density at radius 1 is 1.50 bits per heavy atom. The van der Waals surface area contributed by atoms with Gasteiger partial charge in [-0.3, -0.25) is 5.73 Å². The summed E-state index contributed by atoms with van der Waals surface area (Å²) in [7, 11) is -3.98. The van der Waals surface area contributed by atoms with E-state index >= 15 is 0 Å². The Balaban J connectivity index is 2.01. The molecule has 2 aliphatic rings. The number of allylic oxidation sites excluding steroid dienone is 2. The number of aliphatic carboxylic acids is 1. The number of carboxylic acids is 1. The molecule has 3 rings (SSSR count). The van der Waals surface area contributed by atoms with Crippen LogP contribution in [0.3, 0.4) is 0 Å². The molecule has 0 radical (unpaired) electrons. The van der Waals surface area contributed by atoms with E-state index in [1.807, 2.05) is 0 Å². The predicted molar refractivity (Wildman–Crippen MR) is 77.5 cm³/mol. The lowest BCUT2D eigenvalue weighted by atomic mass is 10.0. The van der Waals surface area contributed by atoms with Gasteiger partial charge in [0.1, 0.15) is 5.01 Å². The Hall–Kier alpha value is -2.11. The van der Waals surface area contributed by atoms with E-state index in [1.165, 1.54) is 12.2 Å². The number of carboxylic acid groups (broad SMARTS) is 1. The largest absolute Gasteiger partial charge is 0.478 e. The summed E-state index contributed by atoms with van der Waals surface area (Å²) >= 11 is 0.933. The summed E-state index contributed by atoms with van der Waals surface area (Å²) in [6.45, 7) is 1.64. The van der Waals surface area contributed by atoms with Crippen LogP contribution in [0.15, 0.2) is 32.8 Å². The minimum atomic E-state index is -3.98. The van der Waals surface area contributed by atoms with Crippen molar-refractivity contribution in [3.63, 3.8) is 0 Å².